The van der Waals surface area contributed by atoms with Gasteiger partial charge in [-0.1, -0.05) is 18.2 Å². The van der Waals surface area contributed by atoms with E-state index >= 15 is 0 Å². The fourth-order valence-corrected chi connectivity index (χ4v) is 4.04. The number of carbonyl (C=O) groups is 1. The van der Waals surface area contributed by atoms with E-state index in [1.54, 1.807) is 0 Å². The van der Waals surface area contributed by atoms with Crippen LogP contribution in [-0.2, 0) is 16.1 Å². The number of piperidine rings is 1. The van der Waals surface area contributed by atoms with Gasteiger partial charge in [0.25, 0.3) is 0 Å². The molecule has 1 amide bonds. The maximum atomic E-state index is 12.7. The van der Waals surface area contributed by atoms with Crippen LogP contribution in [0.4, 0.5) is 0 Å². The van der Waals surface area contributed by atoms with Gasteiger partial charge < -0.3 is 14.2 Å². The second-order valence-electron chi connectivity index (χ2n) is 7.24. The molecule has 2 saturated heterocycles. The number of hydrogen-bond acceptors (Lipinski definition) is 3. The minimum atomic E-state index is 0.242. The topological polar surface area (TPSA) is 37.7 Å². The number of aromatic nitrogens is 1. The number of morpholine rings is 1. The van der Waals surface area contributed by atoms with E-state index in [2.05, 4.69) is 27.7 Å². The van der Waals surface area contributed by atoms with Crippen molar-refractivity contribution in [3.63, 3.8) is 0 Å². The van der Waals surface area contributed by atoms with Crippen molar-refractivity contribution in [3.8, 4) is 0 Å². The smallest absolute Gasteiger partial charge is 0.242 e. The Balaban J connectivity index is 1.29. The van der Waals surface area contributed by atoms with Gasteiger partial charge in [-0.05, 0) is 36.3 Å². The second kappa shape index (κ2) is 7.58. The number of ether oxygens (including phenoxy) is 1. The van der Waals surface area contributed by atoms with E-state index in [1.807, 2.05) is 23.2 Å². The van der Waals surface area contributed by atoms with Crippen molar-refractivity contribution < 1.29 is 9.53 Å². The highest BCUT2D eigenvalue weighted by Crippen LogP contribution is 2.20. The van der Waals surface area contributed by atoms with E-state index in [0.717, 1.165) is 70.2 Å². The van der Waals surface area contributed by atoms with Gasteiger partial charge in [-0.2, -0.15) is 0 Å². The Morgan fingerprint density at radius 3 is 2.60 bits per heavy atom. The molecule has 0 atom stereocenters. The van der Waals surface area contributed by atoms with Crippen LogP contribution in [0, 0.1) is 5.92 Å². The van der Waals surface area contributed by atoms with Crippen LogP contribution in [0.3, 0.4) is 0 Å². The van der Waals surface area contributed by atoms with Crippen molar-refractivity contribution in [1.82, 2.24) is 14.4 Å². The number of hydrogen-bond donors (Lipinski definition) is 0. The number of amides is 1. The SMILES string of the molecule is O=C(Cn1ccc2ccccc21)N1CCC(CN2CCOCC2)CC1. The Morgan fingerprint density at radius 1 is 1.04 bits per heavy atom. The monoisotopic (exact) mass is 341 g/mol. The van der Waals surface area contributed by atoms with Crippen LogP contribution < -0.4 is 0 Å². The van der Waals surface area contributed by atoms with Gasteiger partial charge in [-0.3, -0.25) is 9.69 Å². The zero-order valence-electron chi connectivity index (χ0n) is 14.8. The Bertz CT molecular complexity index is 713. The molecule has 2 aliphatic rings. The fourth-order valence-electron chi connectivity index (χ4n) is 4.04. The molecule has 5 nitrogen and oxygen atoms in total. The summed E-state index contributed by atoms with van der Waals surface area (Å²) in [5.41, 5.74) is 1.14. The average Bonchev–Trinajstić information content (AvgIpc) is 3.06. The van der Waals surface area contributed by atoms with Crippen LogP contribution in [0.2, 0.25) is 0 Å². The molecule has 2 aromatic rings. The number of likely N-dealkylation sites (tertiary alicyclic amines) is 1. The summed E-state index contributed by atoms with van der Waals surface area (Å²) in [6, 6.07) is 10.3. The van der Waals surface area contributed by atoms with Gasteiger partial charge in [0, 0.05) is 44.4 Å². The molecule has 0 unspecified atom stereocenters. The lowest BCUT2D eigenvalue weighted by atomic mass is 9.96. The van der Waals surface area contributed by atoms with E-state index in [1.165, 1.54) is 5.39 Å². The summed E-state index contributed by atoms with van der Waals surface area (Å²) < 4.78 is 7.49. The van der Waals surface area contributed by atoms with Crippen LogP contribution in [0.25, 0.3) is 10.9 Å². The minimum absolute atomic E-state index is 0.242. The molecular formula is C20H27N3O2. The van der Waals surface area contributed by atoms with Crippen molar-refractivity contribution in [2.24, 2.45) is 5.92 Å². The van der Waals surface area contributed by atoms with Crippen molar-refractivity contribution >= 4 is 16.8 Å². The first-order valence-corrected chi connectivity index (χ1v) is 9.41. The first kappa shape index (κ1) is 16.6. The summed E-state index contributed by atoms with van der Waals surface area (Å²) in [6.07, 6.45) is 4.26. The van der Waals surface area contributed by atoms with Crippen molar-refractivity contribution in [2.75, 3.05) is 45.9 Å². The minimum Gasteiger partial charge on any atom is -0.379 e. The zero-order chi connectivity index (χ0) is 17.1. The summed E-state index contributed by atoms with van der Waals surface area (Å²) in [5.74, 6) is 0.959. The number of benzene rings is 1. The average molecular weight is 341 g/mol. The van der Waals surface area contributed by atoms with Gasteiger partial charge in [0.2, 0.25) is 5.91 Å². The van der Waals surface area contributed by atoms with Gasteiger partial charge in [0.1, 0.15) is 6.54 Å². The largest absolute Gasteiger partial charge is 0.379 e. The highest BCUT2D eigenvalue weighted by molar-refractivity contribution is 5.83. The zero-order valence-corrected chi connectivity index (χ0v) is 14.8. The molecule has 0 spiro atoms. The number of nitrogens with zero attached hydrogens (tertiary/aromatic N) is 3. The predicted octanol–water partition coefficient (Wildman–Crippen LogP) is 2.21. The third-order valence-electron chi connectivity index (χ3n) is 5.57. The fraction of sp³-hybridized carbons (Fsp3) is 0.550. The van der Waals surface area contributed by atoms with E-state index in [9.17, 15) is 4.79 Å². The highest BCUT2D eigenvalue weighted by atomic mass is 16.5. The van der Waals surface area contributed by atoms with Crippen molar-refractivity contribution in [1.29, 1.82) is 0 Å². The van der Waals surface area contributed by atoms with Gasteiger partial charge >= 0.3 is 0 Å². The molecule has 0 saturated carbocycles. The van der Waals surface area contributed by atoms with Crippen LogP contribution in [0.15, 0.2) is 36.5 Å². The molecule has 0 bridgehead atoms. The maximum absolute atomic E-state index is 12.7. The molecule has 134 valence electrons. The summed E-state index contributed by atoms with van der Waals surface area (Å²) in [6.45, 7) is 7.24. The molecular weight excluding hydrogens is 314 g/mol. The molecule has 2 aliphatic heterocycles. The maximum Gasteiger partial charge on any atom is 0.242 e. The van der Waals surface area contributed by atoms with Crippen LogP contribution in [0.1, 0.15) is 12.8 Å². The Kier molecular flexibility index (Phi) is 5.04. The summed E-state index contributed by atoms with van der Waals surface area (Å²) in [5, 5.41) is 1.19. The first-order valence-electron chi connectivity index (χ1n) is 9.41. The molecule has 25 heavy (non-hydrogen) atoms. The third-order valence-corrected chi connectivity index (χ3v) is 5.57. The number of fused-ring (bicyclic) bond motifs is 1. The van der Waals surface area contributed by atoms with E-state index in [0.29, 0.717) is 6.54 Å². The Hall–Kier alpha value is -1.85. The van der Waals surface area contributed by atoms with E-state index in [4.69, 9.17) is 4.74 Å². The lowest BCUT2D eigenvalue weighted by Crippen LogP contribution is -2.44. The third kappa shape index (κ3) is 3.88. The normalized spacial score (nSPS) is 20.2. The van der Waals surface area contributed by atoms with Gasteiger partial charge in [-0.25, -0.2) is 0 Å². The summed E-state index contributed by atoms with van der Waals surface area (Å²) in [4.78, 5) is 17.2. The molecule has 3 heterocycles. The van der Waals surface area contributed by atoms with Crippen molar-refractivity contribution in [2.45, 2.75) is 19.4 Å². The lowest BCUT2D eigenvalue weighted by Gasteiger charge is -2.36. The molecule has 4 rings (SSSR count). The quantitative estimate of drug-likeness (QED) is 0.856. The van der Waals surface area contributed by atoms with Gasteiger partial charge in [-0.15, -0.1) is 0 Å². The standard InChI is InChI=1S/C20H27N3O2/c24-20(16-23-10-7-18-3-1-2-4-19(18)23)22-8-5-17(6-9-22)15-21-11-13-25-14-12-21/h1-4,7,10,17H,5-6,8-9,11-16H2. The molecule has 0 N–H and O–H groups in total. The second-order valence-corrected chi connectivity index (χ2v) is 7.24. The molecule has 1 aromatic carbocycles. The molecule has 0 radical (unpaired) electrons. The summed E-state index contributed by atoms with van der Waals surface area (Å²) >= 11 is 0. The predicted molar refractivity (Wildman–Crippen MR) is 98.5 cm³/mol. The van der Waals surface area contributed by atoms with Crippen LogP contribution in [-0.4, -0.2) is 66.2 Å². The number of carbonyl (C=O) groups excluding carboxylic acids is 1. The van der Waals surface area contributed by atoms with Crippen LogP contribution >= 0.6 is 0 Å². The van der Waals surface area contributed by atoms with Gasteiger partial charge in [0.05, 0.1) is 13.2 Å². The first-order chi connectivity index (χ1) is 12.3. The Labute approximate surface area is 149 Å². The van der Waals surface area contributed by atoms with Crippen LogP contribution in [0.5, 0.6) is 0 Å². The Morgan fingerprint density at radius 2 is 1.80 bits per heavy atom. The van der Waals surface area contributed by atoms with Gasteiger partial charge in [0.15, 0.2) is 0 Å². The molecule has 5 heteroatoms. The van der Waals surface area contributed by atoms with Crippen molar-refractivity contribution in [3.05, 3.63) is 36.5 Å². The highest BCUT2D eigenvalue weighted by Gasteiger charge is 2.25. The molecule has 2 fully saturated rings. The molecule has 1 aromatic heterocycles. The number of para-hydroxylation sites is 1. The lowest BCUT2D eigenvalue weighted by molar-refractivity contribution is -0.133. The molecule has 0 aliphatic carbocycles. The summed E-state index contributed by atoms with van der Waals surface area (Å²) in [7, 11) is 0. The number of rotatable bonds is 4. The van der Waals surface area contributed by atoms with E-state index < -0.39 is 0 Å². The van der Waals surface area contributed by atoms with E-state index in [-0.39, 0.29) is 5.91 Å².